The van der Waals surface area contributed by atoms with Crippen LogP contribution in [0.1, 0.15) is 28.2 Å². The van der Waals surface area contributed by atoms with Crippen LogP contribution < -0.4 is 5.73 Å². The van der Waals surface area contributed by atoms with Gasteiger partial charge in [-0.15, -0.1) is 11.3 Å². The number of furan rings is 1. The number of aryl methyl sites for hydroxylation is 2. The van der Waals surface area contributed by atoms with Gasteiger partial charge in [-0.3, -0.25) is 0 Å². The lowest BCUT2D eigenvalue weighted by atomic mass is 10.2. The first kappa shape index (κ1) is 13.3. The molecule has 0 saturated carbocycles. The third kappa shape index (κ3) is 3.19. The van der Waals surface area contributed by atoms with Crippen molar-refractivity contribution < 1.29 is 9.15 Å². The van der Waals surface area contributed by atoms with Crippen LogP contribution in [-0.4, -0.2) is 18.1 Å². The lowest BCUT2D eigenvalue weighted by Crippen LogP contribution is -2.16. The number of thiazole rings is 1. The van der Waals surface area contributed by atoms with E-state index in [1.165, 1.54) is 4.88 Å². The quantitative estimate of drug-likeness (QED) is 0.873. The molecule has 5 heteroatoms. The summed E-state index contributed by atoms with van der Waals surface area (Å²) in [5.74, 6) is 1.68. The molecular formula is C13H18N2O2S. The summed E-state index contributed by atoms with van der Waals surface area (Å²) < 4.78 is 11.3. The number of aromatic nitrogens is 1. The molecular weight excluding hydrogens is 248 g/mol. The molecule has 18 heavy (non-hydrogen) atoms. The fourth-order valence-corrected chi connectivity index (χ4v) is 2.52. The average molecular weight is 266 g/mol. The third-order valence-corrected chi connectivity index (χ3v) is 3.78. The topological polar surface area (TPSA) is 61.3 Å². The molecule has 4 nitrogen and oxygen atoms in total. The fraction of sp³-hybridized carbons (Fsp3) is 0.462. The summed E-state index contributed by atoms with van der Waals surface area (Å²) in [6, 6.07) is 3.85. The van der Waals surface area contributed by atoms with Gasteiger partial charge in [0.1, 0.15) is 17.6 Å². The highest BCUT2D eigenvalue weighted by Crippen LogP contribution is 2.20. The zero-order chi connectivity index (χ0) is 13.0. The molecule has 0 bridgehead atoms. The van der Waals surface area contributed by atoms with Crippen LogP contribution >= 0.6 is 11.3 Å². The third-order valence-electron chi connectivity index (χ3n) is 2.79. The minimum atomic E-state index is -0.160. The van der Waals surface area contributed by atoms with Crippen molar-refractivity contribution in [3.05, 3.63) is 39.7 Å². The Morgan fingerprint density at radius 3 is 2.83 bits per heavy atom. The summed E-state index contributed by atoms with van der Waals surface area (Å²) in [5.41, 5.74) is 8.66. The Morgan fingerprint density at radius 1 is 1.44 bits per heavy atom. The Bertz CT molecular complexity index is 493. The van der Waals surface area contributed by atoms with Crippen LogP contribution in [0.4, 0.5) is 0 Å². The molecule has 2 rings (SSSR count). The summed E-state index contributed by atoms with van der Waals surface area (Å²) in [5, 5.41) is 0. The van der Waals surface area contributed by atoms with Gasteiger partial charge >= 0.3 is 0 Å². The van der Waals surface area contributed by atoms with Crippen LogP contribution in [0.15, 0.2) is 22.1 Å². The molecule has 0 radical (unpaired) electrons. The molecule has 2 aromatic rings. The Labute approximate surface area is 111 Å². The molecule has 2 N–H and O–H groups in total. The molecule has 0 amide bonds. The number of nitrogens with two attached hydrogens (primary N) is 1. The van der Waals surface area contributed by atoms with Crippen molar-refractivity contribution in [2.24, 2.45) is 5.73 Å². The molecule has 0 aliphatic heterocycles. The van der Waals surface area contributed by atoms with E-state index in [0.29, 0.717) is 13.2 Å². The van der Waals surface area contributed by atoms with E-state index < -0.39 is 0 Å². The van der Waals surface area contributed by atoms with Gasteiger partial charge in [-0.25, -0.2) is 4.98 Å². The molecule has 2 aromatic heterocycles. The lowest BCUT2D eigenvalue weighted by Gasteiger charge is -2.13. The second kappa shape index (κ2) is 6.13. The fourth-order valence-electron chi connectivity index (χ4n) is 1.75. The van der Waals surface area contributed by atoms with Crippen LogP contribution in [-0.2, 0) is 11.2 Å². The number of nitrogens with zero attached hydrogens (tertiary/aromatic N) is 1. The van der Waals surface area contributed by atoms with Crippen LogP contribution in [0.2, 0.25) is 0 Å². The molecule has 2 heterocycles. The maximum Gasteiger partial charge on any atom is 0.134 e. The van der Waals surface area contributed by atoms with E-state index in [1.807, 2.05) is 31.5 Å². The largest absolute Gasteiger partial charge is 0.464 e. The highest BCUT2D eigenvalue weighted by Gasteiger charge is 2.14. The van der Waals surface area contributed by atoms with Crippen molar-refractivity contribution in [2.75, 3.05) is 13.2 Å². The first-order valence-corrected chi connectivity index (χ1v) is 6.85. The van der Waals surface area contributed by atoms with Crippen LogP contribution in [0, 0.1) is 13.8 Å². The van der Waals surface area contributed by atoms with Gasteiger partial charge in [0.25, 0.3) is 0 Å². The summed E-state index contributed by atoms with van der Waals surface area (Å²) >= 11 is 1.66. The van der Waals surface area contributed by atoms with Gasteiger partial charge in [0.15, 0.2) is 0 Å². The van der Waals surface area contributed by atoms with Gasteiger partial charge in [0.2, 0.25) is 0 Å². The van der Waals surface area contributed by atoms with Crippen LogP contribution in [0.5, 0.6) is 0 Å². The second-order valence-corrected chi connectivity index (χ2v) is 5.09. The van der Waals surface area contributed by atoms with Crippen molar-refractivity contribution in [1.82, 2.24) is 4.98 Å². The predicted molar refractivity (Wildman–Crippen MR) is 71.7 cm³/mol. The highest BCUT2D eigenvalue weighted by molar-refractivity contribution is 7.09. The van der Waals surface area contributed by atoms with Gasteiger partial charge in [-0.1, -0.05) is 0 Å². The van der Waals surface area contributed by atoms with Crippen molar-refractivity contribution in [3.63, 3.8) is 0 Å². The van der Waals surface area contributed by atoms with Gasteiger partial charge < -0.3 is 14.9 Å². The zero-order valence-electron chi connectivity index (χ0n) is 10.7. The standard InChI is InChI=1S/C13H18N2O2S/c1-9-3-4-11(17-9)12(7-14)16-6-5-13-10(2)15-8-18-13/h3-4,8,12H,5-7,14H2,1-2H3. The number of rotatable bonds is 6. The molecule has 0 aliphatic rings. The van der Waals surface area contributed by atoms with Gasteiger partial charge in [-0.05, 0) is 26.0 Å². The molecule has 0 saturated heterocycles. The maximum absolute atomic E-state index is 5.78. The SMILES string of the molecule is Cc1ccc(C(CN)OCCc2scnc2C)o1. The van der Waals surface area contributed by atoms with Crippen molar-refractivity contribution >= 4 is 11.3 Å². The normalized spacial score (nSPS) is 12.8. The smallest absolute Gasteiger partial charge is 0.134 e. The van der Waals surface area contributed by atoms with E-state index in [2.05, 4.69) is 4.98 Å². The number of ether oxygens (including phenoxy) is 1. The van der Waals surface area contributed by atoms with Crippen LogP contribution in [0.3, 0.4) is 0 Å². The predicted octanol–water partition coefficient (Wildman–Crippen LogP) is 2.61. The lowest BCUT2D eigenvalue weighted by molar-refractivity contribution is 0.0455. The van der Waals surface area contributed by atoms with E-state index in [-0.39, 0.29) is 6.10 Å². The average Bonchev–Trinajstić information content (AvgIpc) is 2.94. The van der Waals surface area contributed by atoms with Crippen LogP contribution in [0.25, 0.3) is 0 Å². The summed E-state index contributed by atoms with van der Waals surface area (Å²) in [6.07, 6.45) is 0.707. The molecule has 1 unspecified atom stereocenters. The van der Waals surface area contributed by atoms with Crippen molar-refractivity contribution in [3.8, 4) is 0 Å². The maximum atomic E-state index is 5.78. The van der Waals surface area contributed by atoms with Crippen molar-refractivity contribution in [1.29, 1.82) is 0 Å². The van der Waals surface area contributed by atoms with Gasteiger partial charge in [0.05, 0.1) is 17.8 Å². The first-order valence-electron chi connectivity index (χ1n) is 5.97. The summed E-state index contributed by atoms with van der Waals surface area (Å²) in [7, 11) is 0. The van der Waals surface area contributed by atoms with E-state index in [9.17, 15) is 0 Å². The Hall–Kier alpha value is -1.17. The molecule has 0 aliphatic carbocycles. The van der Waals surface area contributed by atoms with Crippen molar-refractivity contribution in [2.45, 2.75) is 26.4 Å². The Morgan fingerprint density at radius 2 is 2.28 bits per heavy atom. The Kier molecular flexibility index (Phi) is 4.52. The molecule has 0 fully saturated rings. The van der Waals surface area contributed by atoms with E-state index in [0.717, 1.165) is 23.6 Å². The van der Waals surface area contributed by atoms with E-state index in [4.69, 9.17) is 14.9 Å². The monoisotopic (exact) mass is 266 g/mol. The highest BCUT2D eigenvalue weighted by atomic mass is 32.1. The minimum Gasteiger partial charge on any atom is -0.464 e. The number of hydrogen-bond donors (Lipinski definition) is 1. The number of hydrogen-bond acceptors (Lipinski definition) is 5. The van der Waals surface area contributed by atoms with Gasteiger partial charge in [-0.2, -0.15) is 0 Å². The summed E-state index contributed by atoms with van der Waals surface area (Å²) in [6.45, 7) is 4.99. The minimum absolute atomic E-state index is 0.160. The van der Waals surface area contributed by atoms with E-state index in [1.54, 1.807) is 11.3 Å². The second-order valence-electron chi connectivity index (χ2n) is 4.15. The molecule has 1 atom stereocenters. The zero-order valence-corrected chi connectivity index (χ0v) is 11.5. The molecule has 98 valence electrons. The van der Waals surface area contributed by atoms with E-state index >= 15 is 0 Å². The molecule has 0 aromatic carbocycles. The first-order chi connectivity index (χ1) is 8.70. The van der Waals surface area contributed by atoms with Gasteiger partial charge in [0, 0.05) is 17.8 Å². The molecule has 0 spiro atoms. The summed E-state index contributed by atoms with van der Waals surface area (Å²) in [4.78, 5) is 5.48. The Balaban J connectivity index is 1.86.